The molecule has 1 aliphatic heterocycles. The minimum Gasteiger partial charge on any atom is -0.492 e. The lowest BCUT2D eigenvalue weighted by molar-refractivity contribution is 0.181. The minimum atomic E-state index is 0.670. The van der Waals surface area contributed by atoms with Gasteiger partial charge in [0.15, 0.2) is 0 Å². The highest BCUT2D eigenvalue weighted by molar-refractivity contribution is 5.26. The molecule has 1 aliphatic rings. The zero-order chi connectivity index (χ0) is 15.1. The quantitative estimate of drug-likeness (QED) is 0.796. The van der Waals surface area contributed by atoms with E-state index in [1.54, 1.807) is 0 Å². The van der Waals surface area contributed by atoms with E-state index in [0.717, 1.165) is 32.0 Å². The largest absolute Gasteiger partial charge is 0.492 e. The van der Waals surface area contributed by atoms with Crippen molar-refractivity contribution in [2.45, 2.75) is 39.7 Å². The number of aryl methyl sites for hydroxylation is 1. The van der Waals surface area contributed by atoms with Crippen LogP contribution in [0.3, 0.4) is 0 Å². The van der Waals surface area contributed by atoms with Gasteiger partial charge in [-0.2, -0.15) is 0 Å². The normalized spacial score (nSPS) is 18.6. The van der Waals surface area contributed by atoms with E-state index < -0.39 is 0 Å². The third kappa shape index (κ3) is 6.06. The number of benzene rings is 1. The first kappa shape index (κ1) is 16.3. The highest BCUT2D eigenvalue weighted by Crippen LogP contribution is 2.12. The number of ether oxygens (including phenoxy) is 1. The number of nitrogens with one attached hydrogen (secondary N) is 1. The van der Waals surface area contributed by atoms with Crippen LogP contribution in [-0.2, 0) is 0 Å². The van der Waals surface area contributed by atoms with E-state index in [-0.39, 0.29) is 0 Å². The molecule has 1 aromatic carbocycles. The van der Waals surface area contributed by atoms with Gasteiger partial charge in [0.05, 0.1) is 0 Å². The minimum absolute atomic E-state index is 0.670. The average molecular weight is 290 g/mol. The summed E-state index contributed by atoms with van der Waals surface area (Å²) in [7, 11) is 0. The molecule has 0 radical (unpaired) electrons. The van der Waals surface area contributed by atoms with E-state index in [2.05, 4.69) is 55.3 Å². The second kappa shape index (κ2) is 8.40. The first-order chi connectivity index (χ1) is 10.1. The Morgan fingerprint density at radius 2 is 2.05 bits per heavy atom. The molecule has 0 aromatic heterocycles. The van der Waals surface area contributed by atoms with E-state index in [0.29, 0.717) is 12.0 Å². The Morgan fingerprint density at radius 3 is 2.67 bits per heavy atom. The fourth-order valence-electron chi connectivity index (χ4n) is 2.92. The Morgan fingerprint density at radius 1 is 1.29 bits per heavy atom. The van der Waals surface area contributed by atoms with Gasteiger partial charge >= 0.3 is 0 Å². The first-order valence-electron chi connectivity index (χ1n) is 8.28. The van der Waals surface area contributed by atoms with Crippen molar-refractivity contribution in [1.82, 2.24) is 10.2 Å². The van der Waals surface area contributed by atoms with Crippen LogP contribution in [0.15, 0.2) is 24.3 Å². The summed E-state index contributed by atoms with van der Waals surface area (Å²) in [4.78, 5) is 2.54. The molecule has 1 atom stereocenters. The van der Waals surface area contributed by atoms with Crippen molar-refractivity contribution in [2.75, 3.05) is 32.8 Å². The summed E-state index contributed by atoms with van der Waals surface area (Å²) < 4.78 is 5.88. The molecule has 0 bridgehead atoms. The zero-order valence-electron chi connectivity index (χ0n) is 13.8. The molecule has 3 nitrogen and oxygen atoms in total. The zero-order valence-corrected chi connectivity index (χ0v) is 13.8. The molecule has 0 spiro atoms. The molecule has 21 heavy (non-hydrogen) atoms. The topological polar surface area (TPSA) is 24.5 Å². The van der Waals surface area contributed by atoms with Crippen LogP contribution >= 0.6 is 0 Å². The monoisotopic (exact) mass is 290 g/mol. The molecule has 0 amide bonds. The molecule has 0 saturated carbocycles. The molecular weight excluding hydrogens is 260 g/mol. The van der Waals surface area contributed by atoms with Gasteiger partial charge in [0.2, 0.25) is 0 Å². The Labute approximate surface area is 129 Å². The summed E-state index contributed by atoms with van der Waals surface area (Å²) in [5.74, 6) is 1.68. The summed E-state index contributed by atoms with van der Waals surface area (Å²) in [6.07, 6.45) is 2.63. The van der Waals surface area contributed by atoms with Crippen molar-refractivity contribution in [2.24, 2.45) is 5.92 Å². The van der Waals surface area contributed by atoms with E-state index in [1.165, 1.54) is 24.9 Å². The summed E-state index contributed by atoms with van der Waals surface area (Å²) in [5.41, 5.74) is 1.27. The van der Waals surface area contributed by atoms with Crippen molar-refractivity contribution in [1.29, 1.82) is 0 Å². The highest BCUT2D eigenvalue weighted by Gasteiger charge is 2.18. The number of rotatable bonds is 8. The van der Waals surface area contributed by atoms with Crippen LogP contribution in [0.25, 0.3) is 0 Å². The van der Waals surface area contributed by atoms with Crippen LogP contribution in [0.5, 0.6) is 5.75 Å². The van der Waals surface area contributed by atoms with Crippen molar-refractivity contribution < 1.29 is 4.74 Å². The summed E-state index contributed by atoms with van der Waals surface area (Å²) in [6, 6.07) is 8.98. The molecule has 1 aromatic rings. The fourth-order valence-corrected chi connectivity index (χ4v) is 2.92. The van der Waals surface area contributed by atoms with Crippen LogP contribution in [0.4, 0.5) is 0 Å². The lowest BCUT2D eigenvalue weighted by atomic mass is 10.1. The Kier molecular flexibility index (Phi) is 6.52. The molecule has 1 saturated heterocycles. The summed E-state index contributed by atoms with van der Waals surface area (Å²) in [5, 5.41) is 3.59. The molecule has 3 heteroatoms. The summed E-state index contributed by atoms with van der Waals surface area (Å²) in [6.45, 7) is 11.9. The molecule has 2 rings (SSSR count). The maximum atomic E-state index is 5.88. The van der Waals surface area contributed by atoms with Crippen LogP contribution in [0.2, 0.25) is 0 Å². The predicted molar refractivity (Wildman–Crippen MR) is 89.0 cm³/mol. The van der Waals surface area contributed by atoms with Crippen LogP contribution < -0.4 is 10.1 Å². The fraction of sp³-hybridized carbons (Fsp3) is 0.667. The lowest BCUT2D eigenvalue weighted by Crippen LogP contribution is -2.41. The van der Waals surface area contributed by atoms with Gasteiger partial charge in [0.1, 0.15) is 12.4 Å². The van der Waals surface area contributed by atoms with Gasteiger partial charge in [0, 0.05) is 25.7 Å². The van der Waals surface area contributed by atoms with Crippen LogP contribution in [-0.4, -0.2) is 43.7 Å². The molecule has 1 N–H and O–H groups in total. The van der Waals surface area contributed by atoms with Gasteiger partial charge in [0.25, 0.3) is 0 Å². The summed E-state index contributed by atoms with van der Waals surface area (Å²) >= 11 is 0. The van der Waals surface area contributed by atoms with Gasteiger partial charge < -0.3 is 10.1 Å². The van der Waals surface area contributed by atoms with E-state index in [9.17, 15) is 0 Å². The van der Waals surface area contributed by atoms with E-state index >= 15 is 0 Å². The van der Waals surface area contributed by atoms with Crippen molar-refractivity contribution in [3.8, 4) is 5.75 Å². The van der Waals surface area contributed by atoms with Crippen LogP contribution in [0.1, 0.15) is 32.3 Å². The molecule has 1 fully saturated rings. The van der Waals surface area contributed by atoms with Crippen molar-refractivity contribution >= 4 is 0 Å². The maximum Gasteiger partial charge on any atom is 0.119 e. The Bertz CT molecular complexity index is 396. The van der Waals surface area contributed by atoms with E-state index in [1.807, 2.05) is 0 Å². The van der Waals surface area contributed by atoms with Gasteiger partial charge in [-0.15, -0.1) is 0 Å². The van der Waals surface area contributed by atoms with Crippen molar-refractivity contribution in [3.63, 3.8) is 0 Å². The number of nitrogens with zero attached hydrogens (tertiary/aromatic N) is 1. The first-order valence-corrected chi connectivity index (χ1v) is 8.28. The third-order valence-electron chi connectivity index (χ3n) is 3.96. The number of hydrogen-bond donors (Lipinski definition) is 1. The van der Waals surface area contributed by atoms with E-state index in [4.69, 9.17) is 4.74 Å². The van der Waals surface area contributed by atoms with Gasteiger partial charge in [-0.05, 0) is 44.4 Å². The molecule has 118 valence electrons. The predicted octanol–water partition coefficient (Wildman–Crippen LogP) is 3.08. The van der Waals surface area contributed by atoms with Crippen LogP contribution in [0, 0.1) is 12.8 Å². The molecular formula is C18H30N2O. The molecule has 1 heterocycles. The standard InChI is InChI=1S/C18H30N2O/c1-15(2)13-20(14-17-5-4-10-19-17)11-12-21-18-8-6-16(3)7-9-18/h6-9,15,17,19H,4-5,10-14H2,1-3H3. The highest BCUT2D eigenvalue weighted by atomic mass is 16.5. The van der Waals surface area contributed by atoms with Crippen molar-refractivity contribution in [3.05, 3.63) is 29.8 Å². The lowest BCUT2D eigenvalue weighted by Gasteiger charge is -2.27. The average Bonchev–Trinajstić information content (AvgIpc) is 2.93. The van der Waals surface area contributed by atoms with Gasteiger partial charge in [-0.3, -0.25) is 4.90 Å². The SMILES string of the molecule is Cc1ccc(OCCN(CC(C)C)CC2CCCN2)cc1. The Balaban J connectivity index is 1.76. The van der Waals surface area contributed by atoms with Gasteiger partial charge in [-0.25, -0.2) is 0 Å². The maximum absolute atomic E-state index is 5.88. The second-order valence-electron chi connectivity index (χ2n) is 6.61. The third-order valence-corrected chi connectivity index (χ3v) is 3.96. The Hall–Kier alpha value is -1.06. The smallest absolute Gasteiger partial charge is 0.119 e. The van der Waals surface area contributed by atoms with Gasteiger partial charge in [-0.1, -0.05) is 31.5 Å². The molecule has 1 unspecified atom stereocenters. The number of hydrogen-bond acceptors (Lipinski definition) is 3. The second-order valence-corrected chi connectivity index (χ2v) is 6.61. The molecule has 0 aliphatic carbocycles.